The molecular weight excluding hydrogens is 236 g/mol. The molecule has 74 valence electrons. The second-order valence-electron chi connectivity index (χ2n) is 3.08. The molecule has 0 aromatic rings. The van der Waals surface area contributed by atoms with Crippen molar-refractivity contribution in [1.29, 1.82) is 0 Å². The lowest BCUT2D eigenvalue weighted by Gasteiger charge is -2.22. The molecule has 0 spiro atoms. The van der Waals surface area contributed by atoms with Gasteiger partial charge in [-0.1, -0.05) is 15.9 Å². The van der Waals surface area contributed by atoms with Gasteiger partial charge in [-0.05, 0) is 13.3 Å². The van der Waals surface area contributed by atoms with E-state index in [0.717, 1.165) is 6.42 Å². The van der Waals surface area contributed by atoms with Crippen molar-refractivity contribution >= 4 is 27.7 Å². The molecule has 13 heavy (non-hydrogen) atoms. The molecule has 2 amide bonds. The molecule has 0 radical (unpaired) electrons. The maximum absolute atomic E-state index is 11.5. The minimum Gasteiger partial charge on any atom is -0.357 e. The molecule has 0 aromatic heterocycles. The maximum atomic E-state index is 11.5. The van der Waals surface area contributed by atoms with Crippen molar-refractivity contribution in [3.63, 3.8) is 0 Å². The van der Waals surface area contributed by atoms with Crippen LogP contribution in [0.4, 0.5) is 0 Å². The Kier molecular flexibility index (Phi) is 3.30. The second-order valence-corrected chi connectivity index (χ2v) is 4.18. The van der Waals surface area contributed by atoms with Crippen LogP contribution in [0.25, 0.3) is 0 Å². The zero-order valence-corrected chi connectivity index (χ0v) is 9.30. The lowest BCUT2D eigenvalue weighted by molar-refractivity contribution is -0.136. The van der Waals surface area contributed by atoms with Crippen LogP contribution in [0.15, 0.2) is 0 Å². The van der Waals surface area contributed by atoms with Gasteiger partial charge >= 0.3 is 0 Å². The first-order valence-electron chi connectivity index (χ1n) is 4.24. The minimum absolute atomic E-state index is 0.0103. The molecule has 1 rings (SSSR count). The lowest BCUT2D eigenvalue weighted by Crippen LogP contribution is -2.45. The average Bonchev–Trinajstić information content (AvgIpc) is 2.45. The quantitative estimate of drug-likeness (QED) is 0.706. The van der Waals surface area contributed by atoms with Crippen LogP contribution in [0, 0.1) is 0 Å². The van der Waals surface area contributed by atoms with E-state index in [1.165, 1.54) is 0 Å². The molecule has 1 heterocycles. The third kappa shape index (κ3) is 2.02. The zero-order chi connectivity index (χ0) is 10.0. The minimum atomic E-state index is -0.361. The van der Waals surface area contributed by atoms with Crippen LogP contribution < -0.4 is 5.32 Å². The number of hydrogen-bond donors (Lipinski definition) is 1. The van der Waals surface area contributed by atoms with Gasteiger partial charge in [-0.2, -0.15) is 0 Å². The van der Waals surface area contributed by atoms with E-state index in [2.05, 4.69) is 21.2 Å². The van der Waals surface area contributed by atoms with Crippen LogP contribution in [0.2, 0.25) is 0 Å². The predicted octanol–water partition coefficient (Wildman–Crippen LogP) is 0.117. The van der Waals surface area contributed by atoms with Crippen LogP contribution >= 0.6 is 15.9 Å². The summed E-state index contributed by atoms with van der Waals surface area (Å²) < 4.78 is 0. The Morgan fingerprint density at radius 2 is 2.38 bits per heavy atom. The Labute approximate surface area is 85.8 Å². The first-order chi connectivity index (χ1) is 6.07. The Morgan fingerprint density at radius 1 is 1.77 bits per heavy atom. The van der Waals surface area contributed by atoms with Crippen LogP contribution in [0.5, 0.6) is 0 Å². The molecule has 0 bridgehead atoms. The molecule has 1 aliphatic rings. The molecule has 4 nitrogen and oxygen atoms in total. The third-order valence-electron chi connectivity index (χ3n) is 2.27. The van der Waals surface area contributed by atoms with E-state index in [-0.39, 0.29) is 22.7 Å². The number of carbonyl (C=O) groups is 2. The van der Waals surface area contributed by atoms with E-state index in [1.807, 2.05) is 0 Å². The maximum Gasteiger partial charge on any atom is 0.242 e. The number of alkyl halides is 1. The largest absolute Gasteiger partial charge is 0.357 e. The predicted molar refractivity (Wildman–Crippen MR) is 52.6 cm³/mol. The first-order valence-corrected chi connectivity index (χ1v) is 5.15. The van der Waals surface area contributed by atoms with Gasteiger partial charge in [0.1, 0.15) is 6.04 Å². The molecule has 1 fully saturated rings. The van der Waals surface area contributed by atoms with E-state index >= 15 is 0 Å². The second kappa shape index (κ2) is 4.09. The number of rotatable bonds is 2. The summed E-state index contributed by atoms with van der Waals surface area (Å²) in [4.78, 5) is 24.2. The van der Waals surface area contributed by atoms with Gasteiger partial charge in [-0.15, -0.1) is 0 Å². The molecule has 1 saturated heterocycles. The summed E-state index contributed by atoms with van der Waals surface area (Å²) >= 11 is 3.26. The topological polar surface area (TPSA) is 49.4 Å². The smallest absolute Gasteiger partial charge is 0.242 e. The van der Waals surface area contributed by atoms with Gasteiger partial charge in [0.25, 0.3) is 0 Å². The van der Waals surface area contributed by atoms with Gasteiger partial charge in [0.05, 0.1) is 4.83 Å². The number of amides is 2. The number of likely N-dealkylation sites (N-methyl/N-ethyl adjacent to an activating group) is 1. The fourth-order valence-corrected chi connectivity index (χ4v) is 1.87. The summed E-state index contributed by atoms with van der Waals surface area (Å²) in [5.41, 5.74) is 0. The summed E-state index contributed by atoms with van der Waals surface area (Å²) in [5, 5.41) is 2.53. The molecule has 2 atom stereocenters. The standard InChI is InChI=1S/C8H13BrN2O2/c1-5(7(12)10-2)11-4-3-6(9)8(11)13/h5-6H,3-4H2,1-2H3,(H,10,12). The Hall–Kier alpha value is -0.580. The number of likely N-dealkylation sites (tertiary alicyclic amines) is 1. The van der Waals surface area contributed by atoms with Crippen molar-refractivity contribution in [2.45, 2.75) is 24.2 Å². The van der Waals surface area contributed by atoms with Gasteiger partial charge in [0.15, 0.2) is 0 Å². The van der Waals surface area contributed by atoms with Gasteiger partial charge in [0.2, 0.25) is 11.8 Å². The first kappa shape index (κ1) is 10.5. The van der Waals surface area contributed by atoms with Crippen molar-refractivity contribution in [1.82, 2.24) is 10.2 Å². The molecule has 1 N–H and O–H groups in total. The summed E-state index contributed by atoms with van der Waals surface area (Å²) in [7, 11) is 1.57. The van der Waals surface area contributed by atoms with Crippen molar-refractivity contribution in [3.8, 4) is 0 Å². The molecule has 1 aliphatic heterocycles. The summed E-state index contributed by atoms with van der Waals surface area (Å²) in [6.45, 7) is 2.39. The van der Waals surface area contributed by atoms with E-state index in [9.17, 15) is 9.59 Å². The molecule has 0 aromatic carbocycles. The van der Waals surface area contributed by atoms with Gasteiger partial charge in [-0.3, -0.25) is 9.59 Å². The number of nitrogens with zero attached hydrogens (tertiary/aromatic N) is 1. The molecule has 0 aliphatic carbocycles. The van der Waals surface area contributed by atoms with Crippen molar-refractivity contribution in [2.75, 3.05) is 13.6 Å². The van der Waals surface area contributed by atoms with E-state index in [0.29, 0.717) is 6.54 Å². The third-order valence-corrected chi connectivity index (χ3v) is 3.12. The van der Waals surface area contributed by atoms with Crippen molar-refractivity contribution < 1.29 is 9.59 Å². The van der Waals surface area contributed by atoms with Crippen LogP contribution in [-0.2, 0) is 9.59 Å². The highest BCUT2D eigenvalue weighted by atomic mass is 79.9. The van der Waals surface area contributed by atoms with E-state index < -0.39 is 0 Å². The van der Waals surface area contributed by atoms with Crippen LogP contribution in [0.1, 0.15) is 13.3 Å². The fourth-order valence-electron chi connectivity index (χ4n) is 1.40. The number of halogens is 1. The lowest BCUT2D eigenvalue weighted by atomic mass is 10.3. The Balaban J connectivity index is 2.63. The van der Waals surface area contributed by atoms with E-state index in [1.54, 1.807) is 18.9 Å². The highest BCUT2D eigenvalue weighted by Crippen LogP contribution is 2.20. The highest BCUT2D eigenvalue weighted by Gasteiger charge is 2.34. The van der Waals surface area contributed by atoms with Crippen molar-refractivity contribution in [2.24, 2.45) is 0 Å². The number of hydrogen-bond acceptors (Lipinski definition) is 2. The monoisotopic (exact) mass is 248 g/mol. The highest BCUT2D eigenvalue weighted by molar-refractivity contribution is 9.10. The molecule has 0 saturated carbocycles. The van der Waals surface area contributed by atoms with Gasteiger partial charge in [0, 0.05) is 13.6 Å². The summed E-state index contributed by atoms with van der Waals surface area (Å²) in [6.07, 6.45) is 0.778. The molecular formula is C8H13BrN2O2. The number of carbonyl (C=O) groups excluding carboxylic acids is 2. The normalized spacial score (nSPS) is 24.7. The zero-order valence-electron chi connectivity index (χ0n) is 7.71. The van der Waals surface area contributed by atoms with Gasteiger partial charge in [-0.25, -0.2) is 0 Å². The summed E-state index contributed by atoms with van der Waals surface area (Å²) in [6, 6.07) is -0.361. The molecule has 5 heteroatoms. The fraction of sp³-hybridized carbons (Fsp3) is 0.750. The van der Waals surface area contributed by atoms with Crippen LogP contribution in [-0.4, -0.2) is 41.2 Å². The Morgan fingerprint density at radius 3 is 2.77 bits per heavy atom. The number of nitrogens with one attached hydrogen (secondary N) is 1. The van der Waals surface area contributed by atoms with E-state index in [4.69, 9.17) is 0 Å². The van der Waals surface area contributed by atoms with Crippen molar-refractivity contribution in [3.05, 3.63) is 0 Å². The Bertz CT molecular complexity index is 232. The van der Waals surface area contributed by atoms with Crippen LogP contribution in [0.3, 0.4) is 0 Å². The SMILES string of the molecule is CNC(=O)C(C)N1CCC(Br)C1=O. The van der Waals surface area contributed by atoms with Gasteiger partial charge < -0.3 is 10.2 Å². The summed E-state index contributed by atoms with van der Waals surface area (Å²) in [5.74, 6) is -0.106. The molecule has 2 unspecified atom stereocenters. The average molecular weight is 249 g/mol.